The van der Waals surface area contributed by atoms with E-state index >= 15 is 0 Å². The molecular weight excluding hydrogens is 190 g/mol. The van der Waals surface area contributed by atoms with Gasteiger partial charge in [0.25, 0.3) is 0 Å². The first kappa shape index (κ1) is 10.1. The second kappa shape index (κ2) is 4.36. The van der Waals surface area contributed by atoms with Gasteiger partial charge in [0.2, 0.25) is 0 Å². The maximum atomic E-state index is 5.97. The fraction of sp³-hybridized carbons (Fsp3) is 0.333. The van der Waals surface area contributed by atoms with E-state index in [1.54, 1.807) is 0 Å². The maximum Gasteiger partial charge on any atom is 0.161 e. The molecule has 1 aliphatic rings. The molecule has 0 saturated heterocycles. The third-order valence-corrected chi connectivity index (χ3v) is 2.41. The number of benzene rings is 1. The van der Waals surface area contributed by atoms with Crippen molar-refractivity contribution in [3.8, 4) is 11.5 Å². The molecule has 1 heterocycles. The monoisotopic (exact) mass is 205 g/mol. The number of nitrogens with two attached hydrogens (primary N) is 1. The van der Waals surface area contributed by atoms with Crippen LogP contribution in [0, 0.1) is 0 Å². The smallest absolute Gasteiger partial charge is 0.161 e. The molecule has 1 aromatic rings. The van der Waals surface area contributed by atoms with Crippen LogP contribution in [0.1, 0.15) is 18.0 Å². The molecule has 0 fully saturated rings. The summed E-state index contributed by atoms with van der Waals surface area (Å²) in [5, 5.41) is 0. The minimum atomic E-state index is -0.0154. The number of rotatable bonds is 3. The van der Waals surface area contributed by atoms with E-state index in [1.165, 1.54) is 0 Å². The van der Waals surface area contributed by atoms with Crippen LogP contribution in [0.5, 0.6) is 11.5 Å². The Bertz CT molecular complexity index is 363. The lowest BCUT2D eigenvalue weighted by Gasteiger charge is -2.20. The van der Waals surface area contributed by atoms with Gasteiger partial charge in [0.1, 0.15) is 13.2 Å². The second-order valence-electron chi connectivity index (χ2n) is 3.53. The molecule has 2 N–H and O–H groups in total. The van der Waals surface area contributed by atoms with Gasteiger partial charge in [-0.3, -0.25) is 0 Å². The first-order chi connectivity index (χ1) is 7.31. The van der Waals surface area contributed by atoms with Crippen LogP contribution in [0.3, 0.4) is 0 Å². The standard InChI is InChI=1S/C12H15NO2/c1-2-3-10(13)9-4-5-11-12(8-9)15-7-6-14-11/h2,4-5,8,10H,1,3,6-7,13H2/t10-/m1/s1. The average molecular weight is 205 g/mol. The highest BCUT2D eigenvalue weighted by molar-refractivity contribution is 5.44. The Hall–Kier alpha value is -1.48. The fourth-order valence-electron chi connectivity index (χ4n) is 1.61. The summed E-state index contributed by atoms with van der Waals surface area (Å²) in [7, 11) is 0. The van der Waals surface area contributed by atoms with E-state index < -0.39 is 0 Å². The summed E-state index contributed by atoms with van der Waals surface area (Å²) in [5.41, 5.74) is 7.03. The summed E-state index contributed by atoms with van der Waals surface area (Å²) in [4.78, 5) is 0. The van der Waals surface area contributed by atoms with Crippen LogP contribution in [0.4, 0.5) is 0 Å². The van der Waals surface area contributed by atoms with Crippen LogP contribution in [0.25, 0.3) is 0 Å². The lowest BCUT2D eigenvalue weighted by molar-refractivity contribution is 0.171. The highest BCUT2D eigenvalue weighted by Gasteiger charge is 2.13. The highest BCUT2D eigenvalue weighted by atomic mass is 16.6. The molecule has 3 heteroatoms. The van der Waals surface area contributed by atoms with Crippen molar-refractivity contribution in [3.05, 3.63) is 36.4 Å². The van der Waals surface area contributed by atoms with Gasteiger partial charge in [-0.25, -0.2) is 0 Å². The molecule has 0 radical (unpaired) electrons. The summed E-state index contributed by atoms with van der Waals surface area (Å²) in [6.45, 7) is 4.90. The third kappa shape index (κ3) is 2.13. The Morgan fingerprint density at radius 2 is 2.07 bits per heavy atom. The second-order valence-corrected chi connectivity index (χ2v) is 3.53. The predicted molar refractivity (Wildman–Crippen MR) is 59.2 cm³/mol. The topological polar surface area (TPSA) is 44.5 Å². The first-order valence-corrected chi connectivity index (χ1v) is 5.07. The molecule has 1 atom stereocenters. The van der Waals surface area contributed by atoms with Gasteiger partial charge in [-0.15, -0.1) is 6.58 Å². The van der Waals surface area contributed by atoms with Crippen LogP contribution < -0.4 is 15.2 Å². The summed E-state index contributed by atoms with van der Waals surface area (Å²) in [5.74, 6) is 1.59. The van der Waals surface area contributed by atoms with Crippen molar-refractivity contribution >= 4 is 0 Å². The Balaban J connectivity index is 2.23. The van der Waals surface area contributed by atoms with Gasteiger partial charge in [-0.05, 0) is 24.1 Å². The van der Waals surface area contributed by atoms with E-state index in [0.29, 0.717) is 13.2 Å². The molecule has 3 nitrogen and oxygen atoms in total. The molecule has 2 rings (SSSR count). The molecule has 80 valence electrons. The molecule has 1 aliphatic heterocycles. The minimum absolute atomic E-state index is 0.0154. The van der Waals surface area contributed by atoms with E-state index in [9.17, 15) is 0 Å². The Morgan fingerprint density at radius 1 is 1.33 bits per heavy atom. The van der Waals surface area contributed by atoms with E-state index in [2.05, 4.69) is 6.58 Å². The Kier molecular flexibility index (Phi) is 2.92. The van der Waals surface area contributed by atoms with Gasteiger partial charge in [0.05, 0.1) is 0 Å². The SMILES string of the molecule is C=CC[C@@H](N)c1ccc2c(c1)OCCO2. The van der Waals surface area contributed by atoms with Gasteiger partial charge in [0, 0.05) is 6.04 Å². The van der Waals surface area contributed by atoms with Crippen LogP contribution in [0.15, 0.2) is 30.9 Å². The first-order valence-electron chi connectivity index (χ1n) is 5.07. The molecule has 0 unspecified atom stereocenters. The lowest BCUT2D eigenvalue weighted by Crippen LogP contribution is -2.16. The zero-order valence-electron chi connectivity index (χ0n) is 8.61. The van der Waals surface area contributed by atoms with E-state index in [4.69, 9.17) is 15.2 Å². The molecule has 0 aliphatic carbocycles. The normalized spacial score (nSPS) is 15.8. The van der Waals surface area contributed by atoms with Gasteiger partial charge in [-0.2, -0.15) is 0 Å². The van der Waals surface area contributed by atoms with Crippen molar-refractivity contribution in [2.75, 3.05) is 13.2 Å². The Labute approximate surface area is 89.5 Å². The van der Waals surface area contributed by atoms with E-state index in [-0.39, 0.29) is 6.04 Å². The Morgan fingerprint density at radius 3 is 2.80 bits per heavy atom. The summed E-state index contributed by atoms with van der Waals surface area (Å²) in [6.07, 6.45) is 2.58. The van der Waals surface area contributed by atoms with Crippen LogP contribution in [-0.2, 0) is 0 Å². The van der Waals surface area contributed by atoms with Crippen molar-refractivity contribution in [1.82, 2.24) is 0 Å². The molecule has 0 spiro atoms. The maximum absolute atomic E-state index is 5.97. The molecular formula is C12H15NO2. The molecule has 0 amide bonds. The number of fused-ring (bicyclic) bond motifs is 1. The molecule has 0 aromatic heterocycles. The number of hydrogen-bond donors (Lipinski definition) is 1. The zero-order chi connectivity index (χ0) is 10.7. The molecule has 0 saturated carbocycles. The van der Waals surface area contributed by atoms with Gasteiger partial charge in [0.15, 0.2) is 11.5 Å². The molecule has 0 bridgehead atoms. The summed E-state index contributed by atoms with van der Waals surface area (Å²) < 4.78 is 10.9. The zero-order valence-corrected chi connectivity index (χ0v) is 8.61. The van der Waals surface area contributed by atoms with Crippen LogP contribution in [-0.4, -0.2) is 13.2 Å². The summed E-state index contributed by atoms with van der Waals surface area (Å²) in [6, 6.07) is 5.82. The van der Waals surface area contributed by atoms with E-state index in [0.717, 1.165) is 23.5 Å². The molecule has 15 heavy (non-hydrogen) atoms. The van der Waals surface area contributed by atoms with Crippen molar-refractivity contribution in [2.45, 2.75) is 12.5 Å². The lowest BCUT2D eigenvalue weighted by atomic mass is 10.0. The minimum Gasteiger partial charge on any atom is -0.486 e. The fourth-order valence-corrected chi connectivity index (χ4v) is 1.61. The third-order valence-electron chi connectivity index (χ3n) is 2.41. The molecule has 1 aromatic carbocycles. The number of hydrogen-bond acceptors (Lipinski definition) is 3. The predicted octanol–water partition coefficient (Wildman–Crippen LogP) is 2.03. The van der Waals surface area contributed by atoms with Gasteiger partial charge < -0.3 is 15.2 Å². The van der Waals surface area contributed by atoms with Crippen molar-refractivity contribution in [2.24, 2.45) is 5.73 Å². The van der Waals surface area contributed by atoms with E-state index in [1.807, 2.05) is 24.3 Å². The average Bonchev–Trinajstić information content (AvgIpc) is 2.29. The largest absolute Gasteiger partial charge is 0.486 e. The van der Waals surface area contributed by atoms with Crippen molar-refractivity contribution in [1.29, 1.82) is 0 Å². The highest BCUT2D eigenvalue weighted by Crippen LogP contribution is 2.32. The van der Waals surface area contributed by atoms with Crippen LogP contribution >= 0.6 is 0 Å². The van der Waals surface area contributed by atoms with Crippen molar-refractivity contribution < 1.29 is 9.47 Å². The number of ether oxygens (including phenoxy) is 2. The van der Waals surface area contributed by atoms with Crippen molar-refractivity contribution in [3.63, 3.8) is 0 Å². The van der Waals surface area contributed by atoms with Gasteiger partial charge >= 0.3 is 0 Å². The quantitative estimate of drug-likeness (QED) is 0.768. The summed E-state index contributed by atoms with van der Waals surface area (Å²) >= 11 is 0. The van der Waals surface area contributed by atoms with Gasteiger partial charge in [-0.1, -0.05) is 12.1 Å². The van der Waals surface area contributed by atoms with Crippen LogP contribution in [0.2, 0.25) is 0 Å².